The lowest BCUT2D eigenvalue weighted by Gasteiger charge is -2.35. The monoisotopic (exact) mass is 496 g/mol. The lowest BCUT2D eigenvalue weighted by atomic mass is 10.0. The van der Waals surface area contributed by atoms with E-state index in [-0.39, 0.29) is 5.91 Å². The van der Waals surface area contributed by atoms with Crippen LogP contribution in [0.5, 0.6) is 5.75 Å². The van der Waals surface area contributed by atoms with Gasteiger partial charge in [0.1, 0.15) is 23.4 Å². The molecule has 1 fully saturated rings. The number of piperazine rings is 1. The number of nitrogens with zero attached hydrogens (tertiary/aromatic N) is 4. The number of anilines is 1. The summed E-state index contributed by atoms with van der Waals surface area (Å²) < 4.78 is 10.7. The highest BCUT2D eigenvalue weighted by molar-refractivity contribution is 6.06. The Bertz CT molecular complexity index is 1370. The number of hydrogen-bond donors (Lipinski definition) is 0. The van der Waals surface area contributed by atoms with Crippen molar-refractivity contribution >= 4 is 29.5 Å². The number of benzene rings is 2. The first kappa shape index (κ1) is 25.5. The van der Waals surface area contributed by atoms with Gasteiger partial charge in [0.25, 0.3) is 5.91 Å². The van der Waals surface area contributed by atoms with Gasteiger partial charge in [-0.25, -0.2) is 9.78 Å². The van der Waals surface area contributed by atoms with E-state index in [1.54, 1.807) is 55.8 Å². The van der Waals surface area contributed by atoms with Crippen LogP contribution < -0.4 is 9.64 Å². The minimum Gasteiger partial charge on any atom is -0.497 e. The Morgan fingerprint density at radius 2 is 1.84 bits per heavy atom. The molecule has 0 N–H and O–H groups in total. The number of rotatable bonds is 4. The highest BCUT2D eigenvalue weighted by Crippen LogP contribution is 2.34. The fourth-order valence-corrected chi connectivity index (χ4v) is 4.22. The standard InChI is InChI=1S/C27H22N4O4.C2H6/c1-34-21-6-7-22-23(15-21)24(35-27(22)33)14-18-3-2-4-20(13-18)26(32)31-11-9-30(10-12-31)25-8-5-19(16-28)17-29-25;1-2/h2-8,13-15,17H,9-12H2,1H3;1-2H3/b24-14-;. The first-order valence-corrected chi connectivity index (χ1v) is 12.2. The van der Waals surface area contributed by atoms with Gasteiger partial charge in [0.15, 0.2) is 0 Å². The average molecular weight is 497 g/mol. The second-order valence-corrected chi connectivity index (χ2v) is 8.23. The molecule has 1 amide bonds. The zero-order valence-corrected chi connectivity index (χ0v) is 21.1. The molecule has 1 aromatic heterocycles. The Hall–Kier alpha value is -4.64. The molecular formula is C29H28N4O4. The van der Waals surface area contributed by atoms with Gasteiger partial charge < -0.3 is 19.3 Å². The lowest BCUT2D eigenvalue weighted by Crippen LogP contribution is -2.49. The quantitative estimate of drug-likeness (QED) is 0.487. The van der Waals surface area contributed by atoms with E-state index < -0.39 is 5.97 Å². The number of fused-ring (bicyclic) bond motifs is 1. The van der Waals surface area contributed by atoms with E-state index in [9.17, 15) is 9.59 Å². The summed E-state index contributed by atoms with van der Waals surface area (Å²) >= 11 is 0. The Balaban J connectivity index is 0.00000156. The van der Waals surface area contributed by atoms with Crippen LogP contribution in [0.15, 0.2) is 60.8 Å². The van der Waals surface area contributed by atoms with Gasteiger partial charge in [-0.2, -0.15) is 5.26 Å². The molecule has 37 heavy (non-hydrogen) atoms. The fraction of sp³-hybridized carbons (Fsp3) is 0.241. The summed E-state index contributed by atoms with van der Waals surface area (Å²) in [5, 5.41) is 8.94. The minimum atomic E-state index is -0.407. The molecule has 0 bridgehead atoms. The molecule has 0 unspecified atom stereocenters. The molecule has 0 atom stereocenters. The normalized spacial score (nSPS) is 15.3. The number of carbonyl (C=O) groups is 2. The number of pyridine rings is 1. The average Bonchev–Trinajstić information content (AvgIpc) is 3.27. The van der Waals surface area contributed by atoms with Crippen molar-refractivity contribution in [3.8, 4) is 11.8 Å². The summed E-state index contributed by atoms with van der Waals surface area (Å²) in [5.74, 6) is 1.40. The summed E-state index contributed by atoms with van der Waals surface area (Å²) in [5.41, 5.74) is 3.00. The van der Waals surface area contributed by atoms with E-state index in [1.165, 1.54) is 0 Å². The topological polar surface area (TPSA) is 95.8 Å². The summed E-state index contributed by atoms with van der Waals surface area (Å²) in [6, 6.07) is 18.1. The van der Waals surface area contributed by atoms with Crippen LogP contribution in [0.1, 0.15) is 51.3 Å². The van der Waals surface area contributed by atoms with Crippen molar-refractivity contribution in [1.29, 1.82) is 5.26 Å². The van der Waals surface area contributed by atoms with Crippen LogP contribution in [0.25, 0.3) is 11.8 Å². The maximum Gasteiger partial charge on any atom is 0.344 e. The SMILES string of the molecule is CC.COc1ccc2c(c1)/C(=C/c1cccc(C(=O)N3CCN(c4ccc(C#N)cn4)CC3)c1)OC2=O. The molecule has 8 nitrogen and oxygen atoms in total. The van der Waals surface area contributed by atoms with Gasteiger partial charge in [0.05, 0.1) is 18.2 Å². The summed E-state index contributed by atoms with van der Waals surface area (Å²) in [4.78, 5) is 33.7. The van der Waals surface area contributed by atoms with E-state index in [4.69, 9.17) is 14.7 Å². The van der Waals surface area contributed by atoms with Crippen molar-refractivity contribution in [1.82, 2.24) is 9.88 Å². The molecule has 5 rings (SSSR count). The Kier molecular flexibility index (Phi) is 7.84. The van der Waals surface area contributed by atoms with Gasteiger partial charge in [0.2, 0.25) is 0 Å². The number of methoxy groups -OCH3 is 1. The summed E-state index contributed by atoms with van der Waals surface area (Å²) in [6.45, 7) is 6.44. The fourth-order valence-electron chi connectivity index (χ4n) is 4.22. The Morgan fingerprint density at radius 3 is 2.51 bits per heavy atom. The van der Waals surface area contributed by atoms with Crippen LogP contribution in [-0.4, -0.2) is 55.0 Å². The highest BCUT2D eigenvalue weighted by atomic mass is 16.5. The van der Waals surface area contributed by atoms with Crippen LogP contribution in [0.2, 0.25) is 0 Å². The smallest absolute Gasteiger partial charge is 0.344 e. The van der Waals surface area contributed by atoms with Gasteiger partial charge in [-0.3, -0.25) is 4.79 Å². The predicted octanol–water partition coefficient (Wildman–Crippen LogP) is 4.62. The van der Waals surface area contributed by atoms with Crippen molar-refractivity contribution < 1.29 is 19.1 Å². The predicted molar refractivity (Wildman–Crippen MR) is 141 cm³/mol. The van der Waals surface area contributed by atoms with E-state index >= 15 is 0 Å². The third kappa shape index (κ3) is 5.46. The van der Waals surface area contributed by atoms with Crippen molar-refractivity contribution in [2.45, 2.75) is 13.8 Å². The number of nitriles is 1. The van der Waals surface area contributed by atoms with E-state index in [0.717, 1.165) is 11.4 Å². The molecule has 188 valence electrons. The second-order valence-electron chi connectivity index (χ2n) is 8.23. The van der Waals surface area contributed by atoms with Crippen LogP contribution in [0.4, 0.5) is 5.82 Å². The zero-order valence-electron chi connectivity index (χ0n) is 21.1. The molecular weight excluding hydrogens is 468 g/mol. The highest BCUT2D eigenvalue weighted by Gasteiger charge is 2.27. The number of esters is 1. The van der Waals surface area contributed by atoms with E-state index in [0.29, 0.717) is 59.9 Å². The van der Waals surface area contributed by atoms with Gasteiger partial charge >= 0.3 is 5.97 Å². The molecule has 8 heteroatoms. The number of cyclic esters (lactones) is 1. The van der Waals surface area contributed by atoms with Gasteiger partial charge in [-0.05, 0) is 54.1 Å². The molecule has 0 radical (unpaired) electrons. The Morgan fingerprint density at radius 1 is 1.05 bits per heavy atom. The van der Waals surface area contributed by atoms with Crippen LogP contribution in [-0.2, 0) is 4.74 Å². The lowest BCUT2D eigenvalue weighted by molar-refractivity contribution is 0.0714. The maximum absolute atomic E-state index is 13.2. The molecule has 2 aliphatic heterocycles. The first-order valence-electron chi connectivity index (χ1n) is 12.2. The number of hydrogen-bond acceptors (Lipinski definition) is 7. The number of aromatic nitrogens is 1. The minimum absolute atomic E-state index is 0.0526. The van der Waals surface area contributed by atoms with Gasteiger partial charge in [0, 0.05) is 43.5 Å². The first-order chi connectivity index (χ1) is 18.1. The van der Waals surface area contributed by atoms with Crippen LogP contribution in [0.3, 0.4) is 0 Å². The second kappa shape index (κ2) is 11.4. The van der Waals surface area contributed by atoms with Crippen LogP contribution >= 0.6 is 0 Å². The number of carbonyl (C=O) groups excluding carboxylic acids is 2. The molecule has 0 spiro atoms. The van der Waals surface area contributed by atoms with Crippen molar-refractivity contribution in [3.63, 3.8) is 0 Å². The number of amides is 1. The van der Waals surface area contributed by atoms with Crippen LogP contribution in [0, 0.1) is 11.3 Å². The molecule has 0 aliphatic carbocycles. The molecule has 2 aromatic carbocycles. The van der Waals surface area contributed by atoms with E-state index in [1.807, 2.05) is 36.9 Å². The molecule has 0 saturated carbocycles. The molecule has 2 aliphatic rings. The summed E-state index contributed by atoms with van der Waals surface area (Å²) in [7, 11) is 1.57. The number of ether oxygens (including phenoxy) is 2. The molecule has 3 heterocycles. The summed E-state index contributed by atoms with van der Waals surface area (Å²) in [6.07, 6.45) is 3.32. The maximum atomic E-state index is 13.2. The largest absolute Gasteiger partial charge is 0.497 e. The van der Waals surface area contributed by atoms with E-state index in [2.05, 4.69) is 16.0 Å². The van der Waals surface area contributed by atoms with Gasteiger partial charge in [-0.15, -0.1) is 0 Å². The van der Waals surface area contributed by atoms with Crippen molar-refractivity contribution in [2.75, 3.05) is 38.2 Å². The van der Waals surface area contributed by atoms with Crippen molar-refractivity contribution in [2.24, 2.45) is 0 Å². The van der Waals surface area contributed by atoms with Gasteiger partial charge in [-0.1, -0.05) is 26.0 Å². The third-order valence-corrected chi connectivity index (χ3v) is 6.11. The van der Waals surface area contributed by atoms with Crippen molar-refractivity contribution in [3.05, 3.63) is 88.6 Å². The zero-order chi connectivity index (χ0) is 26.4. The molecule has 3 aromatic rings. The molecule has 1 saturated heterocycles. The third-order valence-electron chi connectivity index (χ3n) is 6.11. The Labute approximate surface area is 216 Å².